The fourth-order valence-corrected chi connectivity index (χ4v) is 3.86. The Hall–Kier alpha value is -4.86. The second kappa shape index (κ2) is 11.9. The molecule has 2 heterocycles. The van der Waals surface area contributed by atoms with Crippen molar-refractivity contribution in [2.45, 2.75) is 25.7 Å². The third kappa shape index (κ3) is 6.09. The van der Waals surface area contributed by atoms with Crippen LogP contribution in [-0.4, -0.2) is 48.8 Å². The Morgan fingerprint density at radius 2 is 0.816 bits per heavy atom. The lowest BCUT2D eigenvalue weighted by molar-refractivity contribution is -0.121. The predicted octanol–water partition coefficient (Wildman–Crippen LogP) is 3.12. The second-order valence-electron chi connectivity index (χ2n) is 8.47. The van der Waals surface area contributed by atoms with Crippen LogP contribution >= 0.6 is 0 Å². The van der Waals surface area contributed by atoms with E-state index in [0.717, 1.165) is 22.6 Å². The number of hydrogen-bond acceptors (Lipinski definition) is 8. The molecule has 194 valence electrons. The van der Waals surface area contributed by atoms with E-state index in [1.165, 1.54) is 72.8 Å². The molecular formula is C28H24N2O8. The topological polar surface area (TPSA) is 127 Å². The number of unbranched alkanes of at least 4 members (excludes halogenated alkanes) is 3. The van der Waals surface area contributed by atoms with E-state index in [2.05, 4.69) is 0 Å². The first kappa shape index (κ1) is 26.2. The molecule has 0 fully saturated rings. The van der Waals surface area contributed by atoms with Gasteiger partial charge in [0.25, 0.3) is 23.6 Å². The smallest absolute Gasteiger partial charge is 0.338 e. The van der Waals surface area contributed by atoms with Gasteiger partial charge < -0.3 is 9.47 Å². The van der Waals surface area contributed by atoms with Crippen molar-refractivity contribution in [2.75, 3.05) is 23.0 Å². The maximum atomic E-state index is 12.2. The molecule has 4 amide bonds. The number of hydrogen-bond donors (Lipinski definition) is 0. The Labute approximate surface area is 218 Å². The van der Waals surface area contributed by atoms with E-state index in [-0.39, 0.29) is 13.2 Å². The molecule has 38 heavy (non-hydrogen) atoms. The first-order valence-corrected chi connectivity index (χ1v) is 12.0. The summed E-state index contributed by atoms with van der Waals surface area (Å²) < 4.78 is 10.5. The van der Waals surface area contributed by atoms with E-state index in [0.29, 0.717) is 35.3 Å². The SMILES string of the molecule is O=C(OCCCCCCOC(=O)c1ccc(N2C(=O)C=CC2=O)cc1)c1ccc(N2C(=O)C=CC2=O)cc1. The van der Waals surface area contributed by atoms with Gasteiger partial charge in [-0.1, -0.05) is 0 Å². The lowest BCUT2D eigenvalue weighted by Gasteiger charge is -2.14. The molecule has 0 aliphatic carbocycles. The van der Waals surface area contributed by atoms with Gasteiger partial charge in [-0.2, -0.15) is 0 Å². The minimum atomic E-state index is -0.497. The summed E-state index contributed by atoms with van der Waals surface area (Å²) >= 11 is 0. The van der Waals surface area contributed by atoms with Gasteiger partial charge in [0.05, 0.1) is 35.7 Å². The van der Waals surface area contributed by atoms with Crippen molar-refractivity contribution >= 4 is 46.9 Å². The summed E-state index contributed by atoms with van der Waals surface area (Å²) in [5.74, 6) is -2.71. The quantitative estimate of drug-likeness (QED) is 0.253. The van der Waals surface area contributed by atoms with Crippen molar-refractivity contribution in [1.82, 2.24) is 0 Å². The number of nitrogens with zero attached hydrogens (tertiary/aromatic N) is 2. The first-order valence-electron chi connectivity index (χ1n) is 12.0. The average Bonchev–Trinajstić information content (AvgIpc) is 3.44. The molecule has 0 spiro atoms. The van der Waals surface area contributed by atoms with E-state index in [1.54, 1.807) is 0 Å². The summed E-state index contributed by atoms with van der Waals surface area (Å²) in [6.45, 7) is 0.467. The molecule has 2 aliphatic heterocycles. The molecule has 10 heteroatoms. The largest absolute Gasteiger partial charge is 0.462 e. The van der Waals surface area contributed by atoms with Crippen molar-refractivity contribution in [3.8, 4) is 0 Å². The molecule has 2 aromatic rings. The molecule has 4 rings (SSSR count). The molecular weight excluding hydrogens is 492 g/mol. The normalized spacial score (nSPS) is 14.5. The standard InChI is InChI=1S/C28H24N2O8/c31-23-13-14-24(32)29(23)21-9-5-19(6-10-21)27(35)37-17-3-1-2-4-18-38-28(36)20-7-11-22(12-8-20)30-25(33)15-16-26(30)34/h5-16H,1-4,17-18H2. The summed E-state index contributed by atoms with van der Waals surface area (Å²) in [5, 5.41) is 0. The lowest BCUT2D eigenvalue weighted by atomic mass is 10.2. The minimum absolute atomic E-state index is 0.233. The van der Waals surface area contributed by atoms with Gasteiger partial charge in [0.1, 0.15) is 0 Å². The molecule has 0 saturated heterocycles. The third-order valence-electron chi connectivity index (χ3n) is 5.85. The monoisotopic (exact) mass is 516 g/mol. The highest BCUT2D eigenvalue weighted by atomic mass is 16.5. The zero-order valence-corrected chi connectivity index (χ0v) is 20.3. The predicted molar refractivity (Wildman–Crippen MR) is 135 cm³/mol. The highest BCUT2D eigenvalue weighted by molar-refractivity contribution is 6.28. The molecule has 0 saturated carbocycles. The Morgan fingerprint density at radius 1 is 0.500 bits per heavy atom. The number of amides is 4. The molecule has 2 aromatic carbocycles. The van der Waals surface area contributed by atoms with Crippen LogP contribution < -0.4 is 9.80 Å². The van der Waals surface area contributed by atoms with E-state index >= 15 is 0 Å². The van der Waals surface area contributed by atoms with Crippen molar-refractivity contribution in [2.24, 2.45) is 0 Å². The molecule has 0 radical (unpaired) electrons. The zero-order chi connectivity index (χ0) is 27.1. The van der Waals surface area contributed by atoms with Crippen LogP contribution in [0.1, 0.15) is 46.4 Å². The first-order chi connectivity index (χ1) is 18.3. The maximum absolute atomic E-state index is 12.2. The Balaban J connectivity index is 1.09. The van der Waals surface area contributed by atoms with Crippen LogP contribution in [0.4, 0.5) is 11.4 Å². The molecule has 0 atom stereocenters. The molecule has 0 unspecified atom stereocenters. The summed E-state index contributed by atoms with van der Waals surface area (Å²) in [5.41, 5.74) is 1.39. The van der Waals surface area contributed by atoms with E-state index in [1.807, 2.05) is 0 Å². The van der Waals surface area contributed by atoms with Crippen LogP contribution in [0, 0.1) is 0 Å². The number of esters is 2. The van der Waals surface area contributed by atoms with Gasteiger partial charge in [-0.25, -0.2) is 19.4 Å². The number of rotatable bonds is 11. The third-order valence-corrected chi connectivity index (χ3v) is 5.85. The van der Waals surface area contributed by atoms with E-state index in [9.17, 15) is 28.8 Å². The van der Waals surface area contributed by atoms with Crippen LogP contribution in [0.3, 0.4) is 0 Å². The fourth-order valence-electron chi connectivity index (χ4n) is 3.86. The summed E-state index contributed by atoms with van der Waals surface area (Å²) in [6, 6.07) is 12.1. The van der Waals surface area contributed by atoms with Crippen molar-refractivity contribution in [3.05, 3.63) is 84.0 Å². The maximum Gasteiger partial charge on any atom is 0.338 e. The molecule has 2 aliphatic rings. The number of anilines is 2. The van der Waals surface area contributed by atoms with Crippen LogP contribution in [0.25, 0.3) is 0 Å². The lowest BCUT2D eigenvalue weighted by Crippen LogP contribution is -2.29. The number of ether oxygens (including phenoxy) is 2. The average molecular weight is 517 g/mol. The molecule has 0 aromatic heterocycles. The Kier molecular flexibility index (Phi) is 8.22. The van der Waals surface area contributed by atoms with E-state index < -0.39 is 35.6 Å². The van der Waals surface area contributed by atoms with E-state index in [4.69, 9.17) is 9.47 Å². The summed E-state index contributed by atoms with van der Waals surface area (Å²) in [7, 11) is 0. The Morgan fingerprint density at radius 3 is 1.13 bits per heavy atom. The second-order valence-corrected chi connectivity index (χ2v) is 8.47. The fraction of sp³-hybridized carbons (Fsp3) is 0.214. The van der Waals surface area contributed by atoms with Crippen LogP contribution in [0.5, 0.6) is 0 Å². The minimum Gasteiger partial charge on any atom is -0.462 e. The van der Waals surface area contributed by atoms with Gasteiger partial charge >= 0.3 is 11.9 Å². The number of carbonyl (C=O) groups is 6. The van der Waals surface area contributed by atoms with Gasteiger partial charge in [-0.3, -0.25) is 19.2 Å². The zero-order valence-electron chi connectivity index (χ0n) is 20.3. The molecule has 0 bridgehead atoms. The van der Waals surface area contributed by atoms with Crippen LogP contribution in [0.2, 0.25) is 0 Å². The number of imide groups is 2. The summed E-state index contributed by atoms with van der Waals surface area (Å²) in [6.07, 6.45) is 7.60. The van der Waals surface area contributed by atoms with Crippen molar-refractivity contribution in [1.29, 1.82) is 0 Å². The highest BCUT2D eigenvalue weighted by Gasteiger charge is 2.26. The summed E-state index contributed by atoms with van der Waals surface area (Å²) in [4.78, 5) is 73.3. The number of carbonyl (C=O) groups excluding carboxylic acids is 6. The highest BCUT2D eigenvalue weighted by Crippen LogP contribution is 2.21. The van der Waals surface area contributed by atoms with Gasteiger partial charge in [0.15, 0.2) is 0 Å². The van der Waals surface area contributed by atoms with Crippen LogP contribution in [-0.2, 0) is 28.7 Å². The molecule has 0 N–H and O–H groups in total. The Bertz CT molecular complexity index is 1190. The van der Waals surface area contributed by atoms with Gasteiger partial charge in [-0.05, 0) is 74.2 Å². The van der Waals surface area contributed by atoms with Gasteiger partial charge in [-0.15, -0.1) is 0 Å². The van der Waals surface area contributed by atoms with Crippen molar-refractivity contribution < 1.29 is 38.2 Å². The number of benzene rings is 2. The van der Waals surface area contributed by atoms with Gasteiger partial charge in [0, 0.05) is 24.3 Å². The van der Waals surface area contributed by atoms with Crippen molar-refractivity contribution in [3.63, 3.8) is 0 Å². The van der Waals surface area contributed by atoms with Gasteiger partial charge in [0.2, 0.25) is 0 Å². The van der Waals surface area contributed by atoms with Crippen LogP contribution in [0.15, 0.2) is 72.8 Å². The molecule has 10 nitrogen and oxygen atoms in total.